The molecule has 7 heteroatoms. The fourth-order valence-electron chi connectivity index (χ4n) is 3.18. The molecule has 0 spiro atoms. The molecule has 2 aromatic heterocycles. The molecule has 0 unspecified atom stereocenters. The summed E-state index contributed by atoms with van der Waals surface area (Å²) in [6, 6.07) is 1.76. The van der Waals surface area contributed by atoms with Gasteiger partial charge in [0.1, 0.15) is 5.56 Å². The third-order valence-electron chi connectivity index (χ3n) is 4.23. The minimum atomic E-state index is -0.391. The van der Waals surface area contributed by atoms with Crippen LogP contribution in [0.5, 0.6) is 0 Å². The number of aromatic nitrogens is 3. The molecule has 0 aromatic carbocycles. The van der Waals surface area contributed by atoms with Gasteiger partial charge in [-0.1, -0.05) is 12.8 Å². The fraction of sp³-hybridized carbons (Fsp3) is 0.533. The summed E-state index contributed by atoms with van der Waals surface area (Å²) in [5, 5.41) is 5.88. The van der Waals surface area contributed by atoms with E-state index in [0.717, 1.165) is 31.4 Å². The molecule has 1 aliphatic rings. The summed E-state index contributed by atoms with van der Waals surface area (Å²) in [5.41, 5.74) is 0.604. The summed E-state index contributed by atoms with van der Waals surface area (Å²) >= 11 is 0. The summed E-state index contributed by atoms with van der Waals surface area (Å²) < 4.78 is 6.54. The Kier molecular flexibility index (Phi) is 3.74. The number of nitrogens with zero attached hydrogens (tertiary/aromatic N) is 2. The number of aromatic amines is 1. The molecule has 2 heterocycles. The molecule has 118 valence electrons. The monoisotopic (exact) mass is 304 g/mol. The van der Waals surface area contributed by atoms with Crippen molar-refractivity contribution in [1.82, 2.24) is 19.9 Å². The number of carbonyl (C=O) groups excluding carboxylic acids is 1. The molecule has 1 aliphatic carbocycles. The van der Waals surface area contributed by atoms with Gasteiger partial charge >= 0.3 is 0 Å². The SMILES string of the molecule is COCC1(NC(=O)c2cnc3cc(C)[nH]n3c2=O)CCCC1. The number of H-pyrrole nitrogens is 1. The number of nitrogens with one attached hydrogen (secondary N) is 2. The van der Waals surface area contributed by atoms with Crippen LogP contribution in [0.4, 0.5) is 0 Å². The van der Waals surface area contributed by atoms with Crippen LogP contribution in [0.1, 0.15) is 41.7 Å². The second-order valence-corrected chi connectivity index (χ2v) is 5.98. The van der Waals surface area contributed by atoms with Crippen LogP contribution >= 0.6 is 0 Å². The van der Waals surface area contributed by atoms with E-state index in [-0.39, 0.29) is 16.7 Å². The van der Waals surface area contributed by atoms with Crippen molar-refractivity contribution in [3.63, 3.8) is 0 Å². The van der Waals surface area contributed by atoms with Crippen LogP contribution in [0.2, 0.25) is 0 Å². The van der Waals surface area contributed by atoms with Gasteiger partial charge in [-0.3, -0.25) is 14.7 Å². The van der Waals surface area contributed by atoms with Crippen molar-refractivity contribution < 1.29 is 9.53 Å². The highest BCUT2D eigenvalue weighted by Crippen LogP contribution is 2.30. The Morgan fingerprint density at radius 3 is 2.91 bits per heavy atom. The first-order chi connectivity index (χ1) is 10.5. The molecule has 0 radical (unpaired) electrons. The summed E-state index contributed by atoms with van der Waals surface area (Å²) in [6.07, 6.45) is 5.18. The fourth-order valence-corrected chi connectivity index (χ4v) is 3.18. The van der Waals surface area contributed by atoms with Crippen molar-refractivity contribution in [2.45, 2.75) is 38.1 Å². The molecule has 0 atom stereocenters. The van der Waals surface area contributed by atoms with Crippen molar-refractivity contribution in [3.8, 4) is 0 Å². The summed E-state index contributed by atoms with van der Waals surface area (Å²) in [6.45, 7) is 2.29. The van der Waals surface area contributed by atoms with Crippen molar-refractivity contribution in [2.75, 3.05) is 13.7 Å². The van der Waals surface area contributed by atoms with Gasteiger partial charge in [-0.2, -0.15) is 0 Å². The topological polar surface area (TPSA) is 88.5 Å². The van der Waals surface area contributed by atoms with E-state index in [1.54, 1.807) is 13.2 Å². The normalized spacial score (nSPS) is 17.0. The standard InChI is InChI=1S/C15H20N4O3/c1-10-7-12-16-8-11(14(21)19(12)18-10)13(20)17-15(9-22-2)5-3-4-6-15/h7-8,18H,3-6,9H2,1-2H3,(H,17,20). The van der Waals surface area contributed by atoms with Crippen LogP contribution in [0.3, 0.4) is 0 Å². The number of rotatable bonds is 4. The van der Waals surface area contributed by atoms with Crippen LogP contribution in [0.15, 0.2) is 17.1 Å². The molecule has 0 saturated heterocycles. The van der Waals surface area contributed by atoms with Crippen molar-refractivity contribution in [3.05, 3.63) is 33.9 Å². The van der Waals surface area contributed by atoms with Crippen molar-refractivity contribution in [2.24, 2.45) is 0 Å². The van der Waals surface area contributed by atoms with Gasteiger partial charge in [0.25, 0.3) is 11.5 Å². The van der Waals surface area contributed by atoms with E-state index in [1.807, 2.05) is 6.92 Å². The maximum atomic E-state index is 12.5. The van der Waals surface area contributed by atoms with Crippen LogP contribution in [0.25, 0.3) is 5.65 Å². The minimum absolute atomic E-state index is 0.0433. The lowest BCUT2D eigenvalue weighted by atomic mass is 9.98. The average Bonchev–Trinajstić information content (AvgIpc) is 3.06. The van der Waals surface area contributed by atoms with Gasteiger partial charge in [-0.25, -0.2) is 9.50 Å². The zero-order valence-corrected chi connectivity index (χ0v) is 12.8. The molecule has 0 bridgehead atoms. The van der Waals surface area contributed by atoms with Gasteiger partial charge in [0.2, 0.25) is 0 Å². The number of aryl methyl sites for hydroxylation is 1. The molecule has 3 rings (SSSR count). The second-order valence-electron chi connectivity index (χ2n) is 5.98. The first kappa shape index (κ1) is 14.8. The van der Waals surface area contributed by atoms with Crippen LogP contribution in [-0.4, -0.2) is 39.8 Å². The third-order valence-corrected chi connectivity index (χ3v) is 4.23. The molecule has 7 nitrogen and oxygen atoms in total. The zero-order valence-electron chi connectivity index (χ0n) is 12.8. The number of ether oxygens (including phenoxy) is 1. The third kappa shape index (κ3) is 2.52. The Balaban J connectivity index is 1.91. The predicted octanol–water partition coefficient (Wildman–Crippen LogP) is 1.02. The molecule has 1 amide bonds. The van der Waals surface area contributed by atoms with Gasteiger partial charge < -0.3 is 10.1 Å². The largest absolute Gasteiger partial charge is 0.382 e. The Morgan fingerprint density at radius 1 is 1.50 bits per heavy atom. The predicted molar refractivity (Wildman–Crippen MR) is 81.1 cm³/mol. The summed E-state index contributed by atoms with van der Waals surface area (Å²) in [4.78, 5) is 29.1. The number of hydrogen-bond donors (Lipinski definition) is 2. The van der Waals surface area contributed by atoms with Gasteiger partial charge in [0.15, 0.2) is 5.65 Å². The smallest absolute Gasteiger partial charge is 0.285 e. The van der Waals surface area contributed by atoms with Gasteiger partial charge in [0, 0.05) is 25.1 Å². The highest BCUT2D eigenvalue weighted by molar-refractivity contribution is 5.94. The van der Waals surface area contributed by atoms with E-state index in [0.29, 0.717) is 12.3 Å². The first-order valence-electron chi connectivity index (χ1n) is 7.43. The lowest BCUT2D eigenvalue weighted by Gasteiger charge is -2.29. The Labute approximate surface area is 127 Å². The number of hydrogen-bond acceptors (Lipinski definition) is 4. The van der Waals surface area contributed by atoms with Crippen LogP contribution in [-0.2, 0) is 4.74 Å². The Hall–Kier alpha value is -2.15. The van der Waals surface area contributed by atoms with E-state index in [4.69, 9.17) is 4.74 Å². The van der Waals surface area contributed by atoms with E-state index in [1.165, 1.54) is 10.7 Å². The lowest BCUT2D eigenvalue weighted by molar-refractivity contribution is 0.0765. The quantitative estimate of drug-likeness (QED) is 0.882. The molecule has 2 aromatic rings. The highest BCUT2D eigenvalue weighted by atomic mass is 16.5. The van der Waals surface area contributed by atoms with E-state index >= 15 is 0 Å². The van der Waals surface area contributed by atoms with Crippen LogP contribution < -0.4 is 10.9 Å². The molecule has 2 N–H and O–H groups in total. The molecule has 1 fully saturated rings. The lowest BCUT2D eigenvalue weighted by Crippen LogP contribution is -2.50. The molecule has 22 heavy (non-hydrogen) atoms. The minimum Gasteiger partial charge on any atom is -0.382 e. The molecular weight excluding hydrogens is 284 g/mol. The van der Waals surface area contributed by atoms with Crippen molar-refractivity contribution in [1.29, 1.82) is 0 Å². The zero-order chi connectivity index (χ0) is 15.7. The number of carbonyl (C=O) groups is 1. The van der Waals surface area contributed by atoms with E-state index < -0.39 is 5.91 Å². The van der Waals surface area contributed by atoms with Crippen molar-refractivity contribution >= 4 is 11.6 Å². The number of amides is 1. The van der Waals surface area contributed by atoms with Gasteiger partial charge in [-0.05, 0) is 19.8 Å². The first-order valence-corrected chi connectivity index (χ1v) is 7.43. The Bertz CT molecular complexity index is 756. The average molecular weight is 304 g/mol. The molecule has 0 aliphatic heterocycles. The Morgan fingerprint density at radius 2 is 2.23 bits per heavy atom. The molecule has 1 saturated carbocycles. The highest BCUT2D eigenvalue weighted by Gasteiger charge is 2.36. The summed E-state index contributed by atoms with van der Waals surface area (Å²) in [7, 11) is 1.62. The number of fused-ring (bicyclic) bond motifs is 1. The van der Waals surface area contributed by atoms with Gasteiger partial charge in [-0.15, -0.1) is 0 Å². The van der Waals surface area contributed by atoms with Gasteiger partial charge in [0.05, 0.1) is 12.1 Å². The van der Waals surface area contributed by atoms with E-state index in [2.05, 4.69) is 15.4 Å². The summed E-state index contributed by atoms with van der Waals surface area (Å²) in [5.74, 6) is -0.391. The maximum Gasteiger partial charge on any atom is 0.285 e. The van der Waals surface area contributed by atoms with Crippen LogP contribution in [0, 0.1) is 6.92 Å². The molecular formula is C15H20N4O3. The van der Waals surface area contributed by atoms with E-state index in [9.17, 15) is 9.59 Å². The number of methoxy groups -OCH3 is 1. The second kappa shape index (κ2) is 5.57. The maximum absolute atomic E-state index is 12.5.